The van der Waals surface area contributed by atoms with Gasteiger partial charge in [0.25, 0.3) is 5.91 Å². The van der Waals surface area contributed by atoms with Gasteiger partial charge < -0.3 is 10.1 Å². The van der Waals surface area contributed by atoms with E-state index in [1.54, 1.807) is 38.2 Å². The molecule has 5 nitrogen and oxygen atoms in total. The molecule has 0 aliphatic rings. The van der Waals surface area contributed by atoms with Crippen LogP contribution in [-0.4, -0.2) is 22.3 Å². The highest BCUT2D eigenvalue weighted by atomic mass is 35.5. The molecule has 0 aliphatic carbocycles. The first-order chi connectivity index (χ1) is 9.52. The van der Waals surface area contributed by atoms with Crippen LogP contribution in [0, 0.1) is 6.92 Å². The van der Waals surface area contributed by atoms with Crippen LogP contribution in [0.3, 0.4) is 0 Å². The zero-order valence-corrected chi connectivity index (χ0v) is 12.4. The van der Waals surface area contributed by atoms with Crippen LogP contribution >= 0.6 is 11.6 Å². The zero-order chi connectivity index (χ0) is 14.7. The van der Waals surface area contributed by atoms with E-state index < -0.39 is 0 Å². The number of ether oxygens (including phenoxy) is 1. The number of nitrogens with one attached hydrogen (secondary N) is 1. The highest BCUT2D eigenvalue weighted by Crippen LogP contribution is 2.21. The highest BCUT2D eigenvalue weighted by Gasteiger charge is 2.18. The fraction of sp³-hybridized carbons (Fsp3) is 0.286. The van der Waals surface area contributed by atoms with E-state index >= 15 is 0 Å². The lowest BCUT2D eigenvalue weighted by Gasteiger charge is -2.07. The number of carbonyl (C=O) groups is 1. The summed E-state index contributed by atoms with van der Waals surface area (Å²) in [7, 11) is 1.70. The number of hydrogen-bond acceptors (Lipinski definition) is 3. The average Bonchev–Trinajstić information content (AvgIpc) is 2.66. The minimum atomic E-state index is -0.273. The second-order valence-corrected chi connectivity index (χ2v) is 4.64. The largest absolute Gasteiger partial charge is 0.494 e. The maximum absolute atomic E-state index is 12.2. The second-order valence-electron chi connectivity index (χ2n) is 4.29. The molecule has 1 aromatic heterocycles. The van der Waals surface area contributed by atoms with Crippen molar-refractivity contribution in [2.45, 2.75) is 13.8 Å². The van der Waals surface area contributed by atoms with Gasteiger partial charge in [0, 0.05) is 12.7 Å². The van der Waals surface area contributed by atoms with E-state index in [9.17, 15) is 4.79 Å². The van der Waals surface area contributed by atoms with E-state index in [-0.39, 0.29) is 5.91 Å². The van der Waals surface area contributed by atoms with Crippen LogP contribution in [0.5, 0.6) is 5.75 Å². The number of benzene rings is 1. The summed E-state index contributed by atoms with van der Waals surface area (Å²) in [5, 5.41) is 7.23. The summed E-state index contributed by atoms with van der Waals surface area (Å²) in [5.74, 6) is 0.492. The van der Waals surface area contributed by atoms with Crippen molar-refractivity contribution in [3.05, 3.63) is 40.7 Å². The lowest BCUT2D eigenvalue weighted by atomic mass is 10.2. The van der Waals surface area contributed by atoms with Crippen LogP contribution in [0.15, 0.2) is 24.3 Å². The fourth-order valence-electron chi connectivity index (χ4n) is 1.88. The van der Waals surface area contributed by atoms with Crippen molar-refractivity contribution in [3.8, 4) is 5.75 Å². The number of halogens is 1. The monoisotopic (exact) mass is 293 g/mol. The maximum atomic E-state index is 12.2. The summed E-state index contributed by atoms with van der Waals surface area (Å²) in [5.41, 5.74) is 1.67. The minimum Gasteiger partial charge on any atom is -0.494 e. The molecule has 1 aromatic carbocycles. The van der Waals surface area contributed by atoms with E-state index in [0.29, 0.717) is 28.7 Å². The summed E-state index contributed by atoms with van der Waals surface area (Å²) >= 11 is 6.06. The molecule has 0 aliphatic heterocycles. The van der Waals surface area contributed by atoms with Crippen molar-refractivity contribution >= 4 is 23.2 Å². The molecule has 0 saturated heterocycles. The Balaban J connectivity index is 2.15. The van der Waals surface area contributed by atoms with Gasteiger partial charge in [-0.25, -0.2) is 0 Å². The van der Waals surface area contributed by atoms with Crippen molar-refractivity contribution in [1.82, 2.24) is 9.78 Å². The standard InChI is InChI=1S/C14H16ClN3O2/c1-4-20-11-7-5-10(6-8-11)16-14(19)12-9(2)17-18(3)13(12)15/h5-8H,4H2,1-3H3,(H,16,19). The summed E-state index contributed by atoms with van der Waals surface area (Å²) < 4.78 is 6.82. The van der Waals surface area contributed by atoms with Crippen molar-refractivity contribution in [3.63, 3.8) is 0 Å². The van der Waals surface area contributed by atoms with E-state index in [4.69, 9.17) is 16.3 Å². The minimum absolute atomic E-state index is 0.273. The van der Waals surface area contributed by atoms with Crippen molar-refractivity contribution in [2.24, 2.45) is 7.05 Å². The molecule has 0 spiro atoms. The highest BCUT2D eigenvalue weighted by molar-refractivity contribution is 6.33. The van der Waals surface area contributed by atoms with Gasteiger partial charge in [0.15, 0.2) is 0 Å². The van der Waals surface area contributed by atoms with Crippen LogP contribution in [0.2, 0.25) is 5.15 Å². The third kappa shape index (κ3) is 2.93. The molecule has 0 radical (unpaired) electrons. The van der Waals surface area contributed by atoms with Gasteiger partial charge in [-0.15, -0.1) is 0 Å². The Morgan fingerprint density at radius 1 is 1.40 bits per heavy atom. The fourth-order valence-corrected chi connectivity index (χ4v) is 2.14. The molecule has 2 aromatic rings. The summed E-state index contributed by atoms with van der Waals surface area (Å²) in [6.45, 7) is 4.28. The van der Waals surface area contributed by atoms with Gasteiger partial charge in [-0.05, 0) is 38.1 Å². The predicted octanol–water partition coefficient (Wildman–Crippen LogP) is 3.03. The number of hydrogen-bond donors (Lipinski definition) is 1. The molecule has 6 heteroatoms. The molecule has 20 heavy (non-hydrogen) atoms. The summed E-state index contributed by atoms with van der Waals surface area (Å²) in [4.78, 5) is 12.2. The molecule has 0 bridgehead atoms. The first-order valence-corrected chi connectivity index (χ1v) is 6.64. The molecule has 0 fully saturated rings. The molecule has 0 unspecified atom stereocenters. The molecule has 0 atom stereocenters. The molecular formula is C14H16ClN3O2. The molecule has 1 N–H and O–H groups in total. The molecular weight excluding hydrogens is 278 g/mol. The van der Waals surface area contributed by atoms with Crippen molar-refractivity contribution in [1.29, 1.82) is 0 Å². The number of aromatic nitrogens is 2. The van der Waals surface area contributed by atoms with Gasteiger partial charge in [0.05, 0.1) is 17.9 Å². The van der Waals surface area contributed by atoms with Crippen LogP contribution in [-0.2, 0) is 7.05 Å². The lowest BCUT2D eigenvalue weighted by Crippen LogP contribution is -2.13. The number of amides is 1. The third-order valence-corrected chi connectivity index (χ3v) is 3.24. The number of rotatable bonds is 4. The smallest absolute Gasteiger partial charge is 0.260 e. The summed E-state index contributed by atoms with van der Waals surface area (Å²) in [6.07, 6.45) is 0. The van der Waals surface area contributed by atoms with Gasteiger partial charge in [0.2, 0.25) is 0 Å². The normalized spacial score (nSPS) is 10.4. The lowest BCUT2D eigenvalue weighted by molar-refractivity contribution is 0.102. The molecule has 1 heterocycles. The number of nitrogens with zero attached hydrogens (tertiary/aromatic N) is 2. The Morgan fingerprint density at radius 2 is 2.05 bits per heavy atom. The van der Waals surface area contributed by atoms with E-state index in [2.05, 4.69) is 10.4 Å². The number of aryl methyl sites for hydroxylation is 2. The van der Waals surface area contributed by atoms with Crippen LogP contribution < -0.4 is 10.1 Å². The van der Waals surface area contributed by atoms with Crippen LogP contribution in [0.25, 0.3) is 0 Å². The van der Waals surface area contributed by atoms with E-state index in [1.165, 1.54) is 4.68 Å². The van der Waals surface area contributed by atoms with Crippen molar-refractivity contribution < 1.29 is 9.53 Å². The van der Waals surface area contributed by atoms with Crippen molar-refractivity contribution in [2.75, 3.05) is 11.9 Å². The first kappa shape index (κ1) is 14.4. The van der Waals surface area contributed by atoms with Gasteiger partial charge in [-0.3, -0.25) is 9.48 Å². The summed E-state index contributed by atoms with van der Waals surface area (Å²) in [6, 6.07) is 7.17. The Morgan fingerprint density at radius 3 is 2.55 bits per heavy atom. The maximum Gasteiger partial charge on any atom is 0.260 e. The quantitative estimate of drug-likeness (QED) is 0.942. The average molecular weight is 294 g/mol. The van der Waals surface area contributed by atoms with Gasteiger partial charge >= 0.3 is 0 Å². The molecule has 1 amide bonds. The second kappa shape index (κ2) is 5.96. The number of carbonyl (C=O) groups excluding carboxylic acids is 1. The van der Waals surface area contributed by atoms with E-state index in [1.807, 2.05) is 6.92 Å². The van der Waals surface area contributed by atoms with Crippen LogP contribution in [0.1, 0.15) is 23.0 Å². The number of anilines is 1. The Kier molecular flexibility index (Phi) is 4.29. The molecule has 0 saturated carbocycles. The molecule has 2 rings (SSSR count). The Bertz CT molecular complexity index is 620. The first-order valence-electron chi connectivity index (χ1n) is 6.26. The predicted molar refractivity (Wildman–Crippen MR) is 78.5 cm³/mol. The van der Waals surface area contributed by atoms with Gasteiger partial charge in [-0.1, -0.05) is 11.6 Å². The topological polar surface area (TPSA) is 56.1 Å². The zero-order valence-electron chi connectivity index (χ0n) is 11.6. The van der Waals surface area contributed by atoms with E-state index in [0.717, 1.165) is 5.75 Å². The molecule has 106 valence electrons. The third-order valence-electron chi connectivity index (χ3n) is 2.80. The van der Waals surface area contributed by atoms with Gasteiger partial charge in [-0.2, -0.15) is 5.10 Å². The SMILES string of the molecule is CCOc1ccc(NC(=O)c2c(C)nn(C)c2Cl)cc1. The Labute approximate surface area is 122 Å². The van der Waals surface area contributed by atoms with Crippen LogP contribution in [0.4, 0.5) is 5.69 Å². The van der Waals surface area contributed by atoms with Gasteiger partial charge in [0.1, 0.15) is 10.9 Å². The Hall–Kier alpha value is -2.01.